The normalized spacial score (nSPS) is 19.7. The van der Waals surface area contributed by atoms with Gasteiger partial charge in [0.2, 0.25) is 0 Å². The monoisotopic (exact) mass is 728 g/mol. The second-order valence-corrected chi connectivity index (χ2v) is 15.0. The van der Waals surface area contributed by atoms with Gasteiger partial charge in [0.25, 0.3) is 0 Å². The predicted molar refractivity (Wildman–Crippen MR) is 230 cm³/mol. The van der Waals surface area contributed by atoms with E-state index in [4.69, 9.17) is 18.9 Å². The Morgan fingerprint density at radius 1 is 0.500 bits per heavy atom. The molecule has 2 aromatic carbocycles. The van der Waals surface area contributed by atoms with Gasteiger partial charge in [0.15, 0.2) is 12.6 Å². The minimum atomic E-state index is -0.130. The van der Waals surface area contributed by atoms with Gasteiger partial charge in [-0.2, -0.15) is 0 Å². The highest BCUT2D eigenvalue weighted by Crippen LogP contribution is 2.32. The Balaban J connectivity index is 1.26. The molecule has 54 heavy (non-hydrogen) atoms. The van der Waals surface area contributed by atoms with E-state index >= 15 is 0 Å². The maximum Gasteiger partial charge on any atom is 0.199 e. The van der Waals surface area contributed by atoms with Crippen LogP contribution in [0.1, 0.15) is 111 Å². The number of ether oxygens (including phenoxy) is 4. The molecule has 0 spiro atoms. The van der Waals surface area contributed by atoms with Crippen molar-refractivity contribution < 1.29 is 18.9 Å². The molecule has 2 aliphatic heterocycles. The van der Waals surface area contributed by atoms with Gasteiger partial charge in [-0.1, -0.05) is 107 Å². The summed E-state index contributed by atoms with van der Waals surface area (Å²) in [4.78, 5) is 0. The van der Waals surface area contributed by atoms with Gasteiger partial charge in [0.05, 0.1) is 13.2 Å². The summed E-state index contributed by atoms with van der Waals surface area (Å²) in [6.07, 6.45) is 36.2. The van der Waals surface area contributed by atoms with Crippen LogP contribution in [0.5, 0.6) is 11.5 Å². The van der Waals surface area contributed by atoms with Crippen LogP contribution >= 0.6 is 0 Å². The van der Waals surface area contributed by atoms with Crippen LogP contribution < -0.4 is 9.47 Å². The highest BCUT2D eigenvalue weighted by atomic mass is 16.7. The third-order valence-electron chi connectivity index (χ3n) is 10.3. The van der Waals surface area contributed by atoms with Gasteiger partial charge < -0.3 is 18.9 Å². The lowest BCUT2D eigenvalue weighted by molar-refractivity contribution is -0.106. The summed E-state index contributed by atoms with van der Waals surface area (Å²) in [6.45, 7) is 23.0. The fourth-order valence-electron chi connectivity index (χ4n) is 6.55. The molecule has 2 unspecified atom stereocenters. The molecule has 0 radical (unpaired) electrons. The molecule has 4 nitrogen and oxygen atoms in total. The molecule has 0 aromatic heterocycles. The lowest BCUT2D eigenvalue weighted by Gasteiger charge is -2.25. The van der Waals surface area contributed by atoms with Crippen molar-refractivity contribution in [3.8, 4) is 11.5 Å². The van der Waals surface area contributed by atoms with E-state index in [2.05, 4.69) is 166 Å². The molecule has 4 heteroatoms. The first kappa shape index (κ1) is 42.4. The second-order valence-electron chi connectivity index (χ2n) is 15.0. The highest BCUT2D eigenvalue weighted by Gasteiger charge is 2.19. The van der Waals surface area contributed by atoms with Crippen molar-refractivity contribution in [2.75, 3.05) is 13.2 Å². The van der Waals surface area contributed by atoms with E-state index in [1.54, 1.807) is 0 Å². The molecule has 0 bridgehead atoms. The summed E-state index contributed by atoms with van der Waals surface area (Å²) < 4.78 is 24.1. The fourth-order valence-corrected chi connectivity index (χ4v) is 6.55. The lowest BCUT2D eigenvalue weighted by atomic mass is 9.96. The number of rotatable bonds is 14. The lowest BCUT2D eigenvalue weighted by Crippen LogP contribution is -2.25. The van der Waals surface area contributed by atoms with Crippen molar-refractivity contribution in [1.82, 2.24) is 0 Å². The summed E-state index contributed by atoms with van der Waals surface area (Å²) >= 11 is 0. The van der Waals surface area contributed by atoms with Crippen LogP contribution in [0, 0.1) is 41.5 Å². The maximum absolute atomic E-state index is 6.23. The minimum absolute atomic E-state index is 0.130. The second kappa shape index (κ2) is 21.5. The van der Waals surface area contributed by atoms with Gasteiger partial charge >= 0.3 is 0 Å². The molecule has 288 valence electrons. The van der Waals surface area contributed by atoms with Crippen molar-refractivity contribution in [3.05, 3.63) is 152 Å². The maximum atomic E-state index is 6.23. The van der Waals surface area contributed by atoms with Crippen LogP contribution in [0.2, 0.25) is 0 Å². The van der Waals surface area contributed by atoms with Gasteiger partial charge in [-0.05, 0) is 152 Å². The number of allylic oxidation sites excluding steroid dienone is 16. The van der Waals surface area contributed by atoms with Gasteiger partial charge in [-0.3, -0.25) is 0 Å². The molecular formula is C50H64O4. The molecule has 0 saturated carbocycles. The average molecular weight is 729 g/mol. The molecule has 0 amide bonds. The van der Waals surface area contributed by atoms with Gasteiger partial charge in [0, 0.05) is 12.8 Å². The molecule has 4 rings (SSSR count). The third kappa shape index (κ3) is 13.2. The zero-order chi connectivity index (χ0) is 39.0. The van der Waals surface area contributed by atoms with Gasteiger partial charge in [-0.25, -0.2) is 0 Å². The standard InChI is InChI=1S/C50H64O4/c1-35(21-17-23-37(3)27-29-45-39(5)33-47(43(9)41(45)7)53-49-25-13-15-31-51-49)19-11-12-20-36(2)22-18-24-38(4)28-30-46-40(6)34-48(44(10)42(46)8)54-50-26-14-16-32-52-50/h11-12,17-24,27-30,33-34,49-50H,13-16,25-26,31-32H2,1-10H3. The Bertz CT molecular complexity index is 1720. The van der Waals surface area contributed by atoms with Crippen LogP contribution in [-0.2, 0) is 9.47 Å². The van der Waals surface area contributed by atoms with Gasteiger partial charge in [0.1, 0.15) is 11.5 Å². The highest BCUT2D eigenvalue weighted by molar-refractivity contribution is 5.65. The van der Waals surface area contributed by atoms with Gasteiger partial charge in [-0.15, -0.1) is 0 Å². The number of benzene rings is 2. The zero-order valence-electron chi connectivity index (χ0n) is 34.7. The molecule has 2 saturated heterocycles. The van der Waals surface area contributed by atoms with E-state index in [0.717, 1.165) is 63.2 Å². The summed E-state index contributed by atoms with van der Waals surface area (Å²) in [5.74, 6) is 1.87. The van der Waals surface area contributed by atoms with Crippen LogP contribution in [0.15, 0.2) is 107 Å². The average Bonchev–Trinajstić information content (AvgIpc) is 3.15. The van der Waals surface area contributed by atoms with Crippen LogP contribution in [0.4, 0.5) is 0 Å². The molecular weight excluding hydrogens is 665 g/mol. The first-order valence-corrected chi connectivity index (χ1v) is 19.8. The molecule has 2 aliphatic rings. The predicted octanol–water partition coefficient (Wildman–Crippen LogP) is 13.5. The summed E-state index contributed by atoms with van der Waals surface area (Å²) in [5.41, 5.74) is 14.5. The van der Waals surface area contributed by atoms with E-state index in [9.17, 15) is 0 Å². The number of hydrogen-bond donors (Lipinski definition) is 0. The smallest absolute Gasteiger partial charge is 0.199 e. The fraction of sp³-hybridized carbons (Fsp3) is 0.400. The molecule has 0 N–H and O–H groups in total. The third-order valence-corrected chi connectivity index (χ3v) is 10.3. The Morgan fingerprint density at radius 3 is 1.24 bits per heavy atom. The minimum Gasteiger partial charge on any atom is -0.465 e. The summed E-state index contributed by atoms with van der Waals surface area (Å²) in [5, 5.41) is 0. The van der Waals surface area contributed by atoms with E-state index < -0.39 is 0 Å². The van der Waals surface area contributed by atoms with Crippen LogP contribution in [0.25, 0.3) is 12.2 Å². The van der Waals surface area contributed by atoms with E-state index in [1.165, 1.54) is 66.8 Å². The molecule has 2 heterocycles. The van der Waals surface area contributed by atoms with Crippen LogP contribution in [0.3, 0.4) is 0 Å². The SMILES string of the molecule is CC(C=CC=C(C)C=Cc1c(C)cc(OC2CCCCO2)c(C)c1C)=CC=CC=C(C)C=CC=C(C)C=Cc1c(C)cc(OC2CCCCO2)c(C)c1C. The van der Waals surface area contributed by atoms with Crippen LogP contribution in [-0.4, -0.2) is 25.8 Å². The first-order valence-electron chi connectivity index (χ1n) is 19.8. The molecule has 0 aliphatic carbocycles. The zero-order valence-corrected chi connectivity index (χ0v) is 34.7. The van der Waals surface area contributed by atoms with E-state index in [1.807, 2.05) is 0 Å². The first-order chi connectivity index (χ1) is 25.9. The van der Waals surface area contributed by atoms with E-state index in [0.29, 0.717) is 0 Å². The van der Waals surface area contributed by atoms with Crippen molar-refractivity contribution in [2.45, 2.75) is 120 Å². The Hall–Kier alpha value is -4.38. The number of aryl methyl sites for hydroxylation is 2. The number of hydrogen-bond acceptors (Lipinski definition) is 4. The van der Waals surface area contributed by atoms with E-state index in [-0.39, 0.29) is 12.6 Å². The topological polar surface area (TPSA) is 36.9 Å². The van der Waals surface area contributed by atoms with Crippen molar-refractivity contribution in [1.29, 1.82) is 0 Å². The summed E-state index contributed by atoms with van der Waals surface area (Å²) in [6, 6.07) is 4.30. The van der Waals surface area contributed by atoms with Crippen molar-refractivity contribution in [2.24, 2.45) is 0 Å². The molecule has 2 fully saturated rings. The quantitative estimate of drug-likeness (QED) is 0.182. The Morgan fingerprint density at radius 2 is 0.870 bits per heavy atom. The summed E-state index contributed by atoms with van der Waals surface area (Å²) in [7, 11) is 0. The van der Waals surface area contributed by atoms with Crippen molar-refractivity contribution in [3.63, 3.8) is 0 Å². The Kier molecular flexibility index (Phi) is 16.9. The molecule has 2 atom stereocenters. The Labute approximate surface area is 327 Å². The molecule has 2 aromatic rings. The largest absolute Gasteiger partial charge is 0.465 e. The van der Waals surface area contributed by atoms with Crippen molar-refractivity contribution >= 4 is 12.2 Å².